The number of likely N-dealkylation sites (tertiary alicyclic amines) is 1. The van der Waals surface area contributed by atoms with Crippen LogP contribution in [0.25, 0.3) is 5.76 Å². The van der Waals surface area contributed by atoms with Gasteiger partial charge in [0.25, 0.3) is 11.7 Å². The number of aliphatic hydroxyl groups is 1. The van der Waals surface area contributed by atoms with E-state index in [1.807, 2.05) is 31.2 Å². The highest BCUT2D eigenvalue weighted by atomic mass is 16.5. The quantitative estimate of drug-likeness (QED) is 0.256. The molecule has 8 nitrogen and oxygen atoms in total. The molecule has 0 saturated carbocycles. The molecular formula is C29H29NO7. The van der Waals surface area contributed by atoms with Crippen molar-refractivity contribution in [1.29, 1.82) is 0 Å². The maximum absolute atomic E-state index is 13.3. The van der Waals surface area contributed by atoms with Gasteiger partial charge >= 0.3 is 0 Å². The number of ketones is 1. The Morgan fingerprint density at radius 1 is 0.838 bits per heavy atom. The standard InChI is InChI=1S/C29H29NO7/c1-5-37-22-11-6-18(7-12-22)17-30-26(19-8-13-21(34-2)14-9-19)25(28(32)29(30)33)27(31)20-10-15-23(35-3)24(16-20)36-4/h6-16,26,31H,5,17H2,1-4H3/b27-25-. The first-order chi connectivity index (χ1) is 17.9. The fourth-order valence-electron chi connectivity index (χ4n) is 4.37. The zero-order valence-electron chi connectivity index (χ0n) is 21.2. The van der Waals surface area contributed by atoms with Crippen molar-refractivity contribution >= 4 is 17.4 Å². The molecule has 4 rings (SSSR count). The number of carbonyl (C=O) groups is 2. The zero-order chi connectivity index (χ0) is 26.5. The van der Waals surface area contributed by atoms with E-state index in [1.165, 1.54) is 19.1 Å². The Kier molecular flexibility index (Phi) is 7.67. The average Bonchev–Trinajstić information content (AvgIpc) is 3.18. The lowest BCUT2D eigenvalue weighted by Gasteiger charge is -2.25. The van der Waals surface area contributed by atoms with Crippen LogP contribution in [0, 0.1) is 0 Å². The van der Waals surface area contributed by atoms with Gasteiger partial charge in [-0.15, -0.1) is 0 Å². The van der Waals surface area contributed by atoms with E-state index in [9.17, 15) is 14.7 Å². The number of hydrogen-bond acceptors (Lipinski definition) is 7. The molecule has 1 amide bonds. The summed E-state index contributed by atoms with van der Waals surface area (Å²) in [5, 5.41) is 11.3. The summed E-state index contributed by atoms with van der Waals surface area (Å²) in [4.78, 5) is 28.1. The van der Waals surface area contributed by atoms with Crippen LogP contribution in [0.2, 0.25) is 0 Å². The maximum Gasteiger partial charge on any atom is 0.295 e. The molecule has 37 heavy (non-hydrogen) atoms. The fourth-order valence-corrected chi connectivity index (χ4v) is 4.37. The van der Waals surface area contributed by atoms with Gasteiger partial charge in [-0.25, -0.2) is 0 Å². The van der Waals surface area contributed by atoms with E-state index in [4.69, 9.17) is 18.9 Å². The molecule has 1 atom stereocenters. The fraction of sp³-hybridized carbons (Fsp3) is 0.241. The SMILES string of the molecule is CCOc1ccc(CN2C(=O)C(=O)/C(=C(\O)c3ccc(OC)c(OC)c3)C2c2ccc(OC)cc2)cc1. The van der Waals surface area contributed by atoms with E-state index in [-0.39, 0.29) is 17.9 Å². The number of hydrogen-bond donors (Lipinski definition) is 1. The first-order valence-electron chi connectivity index (χ1n) is 11.8. The van der Waals surface area contributed by atoms with Crippen molar-refractivity contribution in [2.24, 2.45) is 0 Å². The van der Waals surface area contributed by atoms with E-state index in [1.54, 1.807) is 49.6 Å². The molecular weight excluding hydrogens is 474 g/mol. The van der Waals surface area contributed by atoms with Crippen molar-refractivity contribution in [2.45, 2.75) is 19.5 Å². The van der Waals surface area contributed by atoms with Crippen LogP contribution >= 0.6 is 0 Å². The molecule has 1 saturated heterocycles. The van der Waals surface area contributed by atoms with Gasteiger partial charge in [-0.1, -0.05) is 24.3 Å². The van der Waals surface area contributed by atoms with Crippen LogP contribution in [-0.2, 0) is 16.1 Å². The minimum Gasteiger partial charge on any atom is -0.507 e. The van der Waals surface area contributed by atoms with Gasteiger partial charge in [0.1, 0.15) is 17.3 Å². The van der Waals surface area contributed by atoms with Gasteiger partial charge in [0.05, 0.1) is 39.6 Å². The van der Waals surface area contributed by atoms with Crippen LogP contribution in [0.1, 0.15) is 29.7 Å². The van der Waals surface area contributed by atoms with E-state index >= 15 is 0 Å². The highest BCUT2D eigenvalue weighted by Gasteiger charge is 2.46. The van der Waals surface area contributed by atoms with Crippen molar-refractivity contribution in [3.05, 3.63) is 89.0 Å². The van der Waals surface area contributed by atoms with E-state index < -0.39 is 17.7 Å². The Hall–Kier alpha value is -4.46. The predicted octanol–water partition coefficient (Wildman–Crippen LogP) is 4.73. The monoisotopic (exact) mass is 503 g/mol. The third-order valence-electron chi connectivity index (χ3n) is 6.22. The second-order valence-electron chi connectivity index (χ2n) is 8.35. The van der Waals surface area contributed by atoms with Crippen LogP contribution in [0.3, 0.4) is 0 Å². The Morgan fingerprint density at radius 2 is 1.49 bits per heavy atom. The smallest absolute Gasteiger partial charge is 0.295 e. The summed E-state index contributed by atoms with van der Waals surface area (Å²) in [6.07, 6.45) is 0. The van der Waals surface area contributed by atoms with Gasteiger partial charge in [-0.3, -0.25) is 9.59 Å². The van der Waals surface area contributed by atoms with Gasteiger partial charge in [0, 0.05) is 12.1 Å². The molecule has 192 valence electrons. The van der Waals surface area contributed by atoms with E-state index in [0.29, 0.717) is 40.7 Å². The number of nitrogens with zero attached hydrogens (tertiary/aromatic N) is 1. The predicted molar refractivity (Wildman–Crippen MR) is 138 cm³/mol. The van der Waals surface area contributed by atoms with Crippen molar-refractivity contribution in [2.75, 3.05) is 27.9 Å². The Balaban J connectivity index is 1.81. The van der Waals surface area contributed by atoms with Gasteiger partial charge < -0.3 is 29.0 Å². The van der Waals surface area contributed by atoms with Crippen molar-refractivity contribution in [1.82, 2.24) is 4.90 Å². The molecule has 0 spiro atoms. The second-order valence-corrected chi connectivity index (χ2v) is 8.35. The van der Waals surface area contributed by atoms with Crippen LogP contribution in [-0.4, -0.2) is 49.6 Å². The Morgan fingerprint density at radius 3 is 2.08 bits per heavy atom. The van der Waals surface area contributed by atoms with Crippen molar-refractivity contribution in [3.63, 3.8) is 0 Å². The normalized spacial score (nSPS) is 16.5. The molecule has 1 N–H and O–H groups in total. The molecule has 3 aromatic rings. The largest absolute Gasteiger partial charge is 0.507 e. The topological polar surface area (TPSA) is 94.5 Å². The summed E-state index contributed by atoms with van der Waals surface area (Å²) in [7, 11) is 4.55. The lowest BCUT2D eigenvalue weighted by atomic mass is 9.95. The van der Waals surface area contributed by atoms with Crippen LogP contribution in [0.4, 0.5) is 0 Å². The molecule has 8 heteroatoms. The molecule has 3 aromatic carbocycles. The first kappa shape index (κ1) is 25.6. The van der Waals surface area contributed by atoms with Crippen LogP contribution < -0.4 is 18.9 Å². The van der Waals surface area contributed by atoms with Crippen LogP contribution in [0.15, 0.2) is 72.3 Å². The highest BCUT2D eigenvalue weighted by molar-refractivity contribution is 6.46. The lowest BCUT2D eigenvalue weighted by Crippen LogP contribution is -2.29. The summed E-state index contributed by atoms with van der Waals surface area (Å²) >= 11 is 0. The van der Waals surface area contributed by atoms with Crippen LogP contribution in [0.5, 0.6) is 23.0 Å². The maximum atomic E-state index is 13.3. The average molecular weight is 504 g/mol. The molecule has 1 aliphatic rings. The van der Waals surface area contributed by atoms with Gasteiger partial charge in [0.15, 0.2) is 11.5 Å². The molecule has 1 aliphatic heterocycles. The number of methoxy groups -OCH3 is 3. The number of aliphatic hydroxyl groups excluding tert-OH is 1. The molecule has 1 fully saturated rings. The third-order valence-corrected chi connectivity index (χ3v) is 6.22. The minimum atomic E-state index is -0.814. The highest BCUT2D eigenvalue weighted by Crippen LogP contribution is 2.41. The number of rotatable bonds is 9. The number of benzene rings is 3. The summed E-state index contributed by atoms with van der Waals surface area (Å²) in [6, 6.07) is 18.4. The first-order valence-corrected chi connectivity index (χ1v) is 11.8. The molecule has 0 radical (unpaired) electrons. The van der Waals surface area contributed by atoms with E-state index in [0.717, 1.165) is 5.56 Å². The number of amides is 1. The molecule has 0 bridgehead atoms. The van der Waals surface area contributed by atoms with Gasteiger partial charge in [-0.2, -0.15) is 0 Å². The third kappa shape index (κ3) is 5.09. The Bertz CT molecular complexity index is 1310. The summed E-state index contributed by atoms with van der Waals surface area (Å²) in [5.74, 6) is 0.448. The van der Waals surface area contributed by atoms with E-state index in [2.05, 4.69) is 0 Å². The minimum absolute atomic E-state index is 0.00618. The summed E-state index contributed by atoms with van der Waals surface area (Å²) in [6.45, 7) is 2.61. The molecule has 0 aliphatic carbocycles. The zero-order valence-corrected chi connectivity index (χ0v) is 21.2. The summed E-state index contributed by atoms with van der Waals surface area (Å²) < 4.78 is 21.4. The number of carbonyl (C=O) groups excluding carboxylic acids is 2. The van der Waals surface area contributed by atoms with Crippen molar-refractivity contribution < 1.29 is 33.6 Å². The van der Waals surface area contributed by atoms with Crippen molar-refractivity contribution in [3.8, 4) is 23.0 Å². The number of ether oxygens (including phenoxy) is 4. The lowest BCUT2D eigenvalue weighted by molar-refractivity contribution is -0.140. The van der Waals surface area contributed by atoms with Gasteiger partial charge in [0.2, 0.25) is 0 Å². The second kappa shape index (κ2) is 11.1. The molecule has 0 aromatic heterocycles. The molecule has 1 unspecified atom stereocenters. The Labute approximate surface area is 215 Å². The number of Topliss-reactive ketones (excluding diaryl/α,β-unsaturated/α-hetero) is 1. The van der Waals surface area contributed by atoms with Gasteiger partial charge in [-0.05, 0) is 60.5 Å². The summed E-state index contributed by atoms with van der Waals surface area (Å²) in [5.41, 5.74) is 1.80. The molecule has 1 heterocycles.